The second kappa shape index (κ2) is 7.24. The van der Waals surface area contributed by atoms with Crippen LogP contribution in [0.4, 0.5) is 11.4 Å². The highest BCUT2D eigenvalue weighted by Gasteiger charge is 2.22. The van der Waals surface area contributed by atoms with Gasteiger partial charge in [0.15, 0.2) is 0 Å². The average Bonchev–Trinajstić information content (AvgIpc) is 3.09. The maximum atomic E-state index is 12.1. The molecule has 1 aromatic carbocycles. The maximum absolute atomic E-state index is 12.1. The molecule has 0 aliphatic carbocycles. The van der Waals surface area contributed by atoms with Gasteiger partial charge in [0.25, 0.3) is 0 Å². The van der Waals surface area contributed by atoms with E-state index in [0.717, 1.165) is 26.2 Å². The standard InChI is InChI=1S/C19H29N3O/c1-16(2)15-19(23)22-13-11-21(12-14-22)18-7-5-17(6-8-18)20-9-3-4-10-20/h5-8,16H,3-4,9-15H2,1-2H3. The number of rotatable bonds is 4. The van der Waals surface area contributed by atoms with E-state index in [1.54, 1.807) is 0 Å². The summed E-state index contributed by atoms with van der Waals surface area (Å²) in [6.07, 6.45) is 3.30. The molecule has 2 heterocycles. The zero-order valence-electron chi connectivity index (χ0n) is 14.5. The largest absolute Gasteiger partial charge is 0.372 e. The van der Waals surface area contributed by atoms with E-state index >= 15 is 0 Å². The van der Waals surface area contributed by atoms with Gasteiger partial charge in [-0.05, 0) is 43.0 Å². The highest BCUT2D eigenvalue weighted by molar-refractivity contribution is 5.76. The van der Waals surface area contributed by atoms with Crippen LogP contribution in [0.1, 0.15) is 33.1 Å². The van der Waals surface area contributed by atoms with Crippen molar-refractivity contribution in [1.29, 1.82) is 0 Å². The van der Waals surface area contributed by atoms with Gasteiger partial charge in [0.05, 0.1) is 0 Å². The van der Waals surface area contributed by atoms with E-state index < -0.39 is 0 Å². The summed E-state index contributed by atoms with van der Waals surface area (Å²) < 4.78 is 0. The first-order valence-corrected chi connectivity index (χ1v) is 9.01. The third-order valence-electron chi connectivity index (χ3n) is 4.90. The molecule has 0 unspecified atom stereocenters. The van der Waals surface area contributed by atoms with E-state index in [0.29, 0.717) is 18.2 Å². The van der Waals surface area contributed by atoms with Crippen molar-refractivity contribution in [2.45, 2.75) is 33.1 Å². The van der Waals surface area contributed by atoms with Gasteiger partial charge in [-0.1, -0.05) is 13.8 Å². The number of nitrogens with zero attached hydrogens (tertiary/aromatic N) is 3. The Morgan fingerprint density at radius 1 is 0.870 bits per heavy atom. The Bertz CT molecular complexity index is 512. The molecule has 0 atom stereocenters. The summed E-state index contributed by atoms with van der Waals surface area (Å²) in [6, 6.07) is 8.96. The fourth-order valence-electron chi connectivity index (χ4n) is 3.54. The Kier molecular flexibility index (Phi) is 5.09. The number of piperazine rings is 1. The van der Waals surface area contributed by atoms with Crippen molar-refractivity contribution in [3.8, 4) is 0 Å². The third kappa shape index (κ3) is 3.98. The molecule has 2 aliphatic rings. The summed E-state index contributed by atoms with van der Waals surface area (Å²) >= 11 is 0. The summed E-state index contributed by atoms with van der Waals surface area (Å²) in [6.45, 7) is 10.2. The Labute approximate surface area is 140 Å². The zero-order chi connectivity index (χ0) is 16.2. The zero-order valence-corrected chi connectivity index (χ0v) is 14.5. The molecular formula is C19H29N3O. The summed E-state index contributed by atoms with van der Waals surface area (Å²) in [5, 5.41) is 0. The minimum atomic E-state index is 0.309. The quantitative estimate of drug-likeness (QED) is 0.854. The van der Waals surface area contributed by atoms with Crippen molar-refractivity contribution in [2.75, 3.05) is 49.1 Å². The van der Waals surface area contributed by atoms with Crippen molar-refractivity contribution < 1.29 is 4.79 Å². The summed E-state index contributed by atoms with van der Waals surface area (Å²) in [4.78, 5) is 19.0. The van der Waals surface area contributed by atoms with Crippen LogP contribution in [0.3, 0.4) is 0 Å². The van der Waals surface area contributed by atoms with E-state index in [1.807, 2.05) is 4.90 Å². The maximum Gasteiger partial charge on any atom is 0.222 e. The predicted molar refractivity (Wildman–Crippen MR) is 96.1 cm³/mol. The van der Waals surface area contributed by atoms with Gasteiger partial charge < -0.3 is 14.7 Å². The number of benzene rings is 1. The minimum absolute atomic E-state index is 0.309. The lowest BCUT2D eigenvalue weighted by atomic mass is 10.1. The fourth-order valence-corrected chi connectivity index (χ4v) is 3.54. The number of carbonyl (C=O) groups is 1. The van der Waals surface area contributed by atoms with Crippen LogP contribution in [-0.4, -0.2) is 50.1 Å². The van der Waals surface area contributed by atoms with Crippen LogP contribution in [0.5, 0.6) is 0 Å². The molecular weight excluding hydrogens is 286 g/mol. The lowest BCUT2D eigenvalue weighted by Gasteiger charge is -2.36. The molecule has 0 spiro atoms. The van der Waals surface area contributed by atoms with Crippen molar-refractivity contribution in [1.82, 2.24) is 4.90 Å². The molecule has 0 radical (unpaired) electrons. The Morgan fingerprint density at radius 3 is 1.83 bits per heavy atom. The first-order valence-electron chi connectivity index (χ1n) is 9.01. The summed E-state index contributed by atoms with van der Waals surface area (Å²) in [7, 11) is 0. The number of carbonyl (C=O) groups excluding carboxylic acids is 1. The number of anilines is 2. The lowest BCUT2D eigenvalue weighted by molar-refractivity contribution is -0.132. The molecule has 126 valence electrons. The van der Waals surface area contributed by atoms with E-state index in [4.69, 9.17) is 0 Å². The molecule has 4 heteroatoms. The molecule has 2 fully saturated rings. The molecule has 0 aromatic heterocycles. The highest BCUT2D eigenvalue weighted by atomic mass is 16.2. The molecule has 4 nitrogen and oxygen atoms in total. The Balaban J connectivity index is 1.54. The second-order valence-electron chi connectivity index (χ2n) is 7.18. The van der Waals surface area contributed by atoms with Gasteiger partial charge in [0.2, 0.25) is 5.91 Å². The molecule has 1 aromatic rings. The summed E-state index contributed by atoms with van der Waals surface area (Å²) in [5.41, 5.74) is 2.63. The molecule has 0 N–H and O–H groups in total. The van der Waals surface area contributed by atoms with Crippen LogP contribution in [0.2, 0.25) is 0 Å². The smallest absolute Gasteiger partial charge is 0.222 e. The average molecular weight is 315 g/mol. The van der Waals surface area contributed by atoms with Crippen molar-refractivity contribution >= 4 is 17.3 Å². The third-order valence-corrected chi connectivity index (χ3v) is 4.90. The van der Waals surface area contributed by atoms with Gasteiger partial charge in [-0.25, -0.2) is 0 Å². The minimum Gasteiger partial charge on any atom is -0.372 e. The van der Waals surface area contributed by atoms with Crippen molar-refractivity contribution in [2.24, 2.45) is 5.92 Å². The Morgan fingerprint density at radius 2 is 1.35 bits per heavy atom. The lowest BCUT2D eigenvalue weighted by Crippen LogP contribution is -2.49. The number of hydrogen-bond acceptors (Lipinski definition) is 3. The number of hydrogen-bond donors (Lipinski definition) is 0. The normalized spacial score (nSPS) is 18.8. The van der Waals surface area contributed by atoms with E-state index in [-0.39, 0.29) is 0 Å². The van der Waals surface area contributed by atoms with Crippen molar-refractivity contribution in [3.63, 3.8) is 0 Å². The van der Waals surface area contributed by atoms with E-state index in [1.165, 1.54) is 37.3 Å². The molecule has 0 bridgehead atoms. The van der Waals surface area contributed by atoms with Crippen LogP contribution in [-0.2, 0) is 4.79 Å². The van der Waals surface area contributed by atoms with Gasteiger partial charge in [-0.2, -0.15) is 0 Å². The first-order chi connectivity index (χ1) is 11.1. The van der Waals surface area contributed by atoms with Crippen LogP contribution in [0.15, 0.2) is 24.3 Å². The fraction of sp³-hybridized carbons (Fsp3) is 0.632. The van der Waals surface area contributed by atoms with E-state index in [9.17, 15) is 4.79 Å². The SMILES string of the molecule is CC(C)CC(=O)N1CCN(c2ccc(N3CCCC3)cc2)CC1. The highest BCUT2D eigenvalue weighted by Crippen LogP contribution is 2.24. The first kappa shape index (κ1) is 16.2. The molecule has 3 rings (SSSR count). The molecule has 2 saturated heterocycles. The van der Waals surface area contributed by atoms with Gasteiger partial charge in [0.1, 0.15) is 0 Å². The Hall–Kier alpha value is -1.71. The summed E-state index contributed by atoms with van der Waals surface area (Å²) in [5.74, 6) is 0.752. The molecule has 23 heavy (non-hydrogen) atoms. The van der Waals surface area contributed by atoms with Crippen molar-refractivity contribution in [3.05, 3.63) is 24.3 Å². The van der Waals surface area contributed by atoms with Gasteiger partial charge >= 0.3 is 0 Å². The van der Waals surface area contributed by atoms with Gasteiger partial charge in [-0.3, -0.25) is 4.79 Å². The molecule has 0 saturated carbocycles. The van der Waals surface area contributed by atoms with Crippen LogP contribution >= 0.6 is 0 Å². The topological polar surface area (TPSA) is 26.8 Å². The molecule has 2 aliphatic heterocycles. The van der Waals surface area contributed by atoms with Gasteiger partial charge in [0, 0.05) is 57.1 Å². The van der Waals surface area contributed by atoms with Crippen LogP contribution in [0.25, 0.3) is 0 Å². The monoisotopic (exact) mass is 315 g/mol. The van der Waals surface area contributed by atoms with Crippen LogP contribution < -0.4 is 9.80 Å². The molecule has 1 amide bonds. The van der Waals surface area contributed by atoms with E-state index in [2.05, 4.69) is 47.9 Å². The van der Waals surface area contributed by atoms with Gasteiger partial charge in [-0.15, -0.1) is 0 Å². The van der Waals surface area contributed by atoms with Crippen LogP contribution in [0, 0.1) is 5.92 Å². The predicted octanol–water partition coefficient (Wildman–Crippen LogP) is 2.98. The number of amides is 1. The second-order valence-corrected chi connectivity index (χ2v) is 7.18.